The zero-order valence-corrected chi connectivity index (χ0v) is 25.9. The van der Waals surface area contributed by atoms with E-state index < -0.39 is 53.6 Å². The Balaban J connectivity index is 1.55. The van der Waals surface area contributed by atoms with Crippen molar-refractivity contribution >= 4 is 29.5 Å². The van der Waals surface area contributed by atoms with Crippen LogP contribution in [0.4, 0.5) is 0 Å². The first-order valence-electron chi connectivity index (χ1n) is 15.1. The maximum atomic E-state index is 13.4. The van der Waals surface area contributed by atoms with E-state index in [0.29, 0.717) is 18.5 Å². The third-order valence-corrected chi connectivity index (χ3v) is 7.24. The Morgan fingerprint density at radius 3 is 2.52 bits per heavy atom. The molecule has 13 heteroatoms. The van der Waals surface area contributed by atoms with Crippen LogP contribution in [0.15, 0.2) is 73.2 Å². The molecule has 2 heterocycles. The van der Waals surface area contributed by atoms with E-state index in [2.05, 4.69) is 36.6 Å². The zero-order chi connectivity index (χ0) is 32.9. The van der Waals surface area contributed by atoms with E-state index in [-0.39, 0.29) is 37.4 Å². The summed E-state index contributed by atoms with van der Waals surface area (Å²) in [5.41, 5.74) is 0.214. The Hall–Kier alpha value is -5.33. The highest BCUT2D eigenvalue weighted by atomic mass is 16.5. The van der Waals surface area contributed by atoms with Crippen molar-refractivity contribution in [2.45, 2.75) is 57.2 Å². The van der Waals surface area contributed by atoms with Crippen LogP contribution in [-0.4, -0.2) is 76.8 Å². The summed E-state index contributed by atoms with van der Waals surface area (Å²) in [4.78, 5) is 74.8. The van der Waals surface area contributed by atoms with Gasteiger partial charge in [-0.15, -0.1) is 0 Å². The average molecular weight is 630 g/mol. The lowest BCUT2D eigenvalue weighted by molar-refractivity contribution is -0.135. The van der Waals surface area contributed by atoms with Crippen LogP contribution < -0.4 is 31.3 Å². The number of nitrogens with zero attached hydrogens (tertiary/aromatic N) is 2. The molecule has 46 heavy (non-hydrogen) atoms. The molecule has 0 radical (unpaired) electrons. The summed E-state index contributed by atoms with van der Waals surface area (Å²) in [7, 11) is 0. The minimum absolute atomic E-state index is 0.174. The molecule has 1 aliphatic heterocycles. The van der Waals surface area contributed by atoms with Gasteiger partial charge in [0.1, 0.15) is 23.4 Å². The van der Waals surface area contributed by atoms with Gasteiger partial charge in [0.2, 0.25) is 23.6 Å². The molecule has 5 amide bonds. The Morgan fingerprint density at radius 1 is 1.00 bits per heavy atom. The molecular weight excluding hydrogens is 590 g/mol. The van der Waals surface area contributed by atoms with Gasteiger partial charge in [0.25, 0.3) is 5.91 Å². The number of hydrogen-bond acceptors (Lipinski definition) is 8. The van der Waals surface area contributed by atoms with Gasteiger partial charge in [-0.25, -0.2) is 0 Å². The standard InChI is InChI=1S/C33H39N7O6/c1-33(2)32(45)39-25(19-22-9-4-3-5-10-22)30(43)36-14-8-18-46-27-12-7-6-11-24(27)29(42)38-26(20-28(41)40-33)31(44)37-15-13-23-21-34-16-17-35-23/h3-7,9-12,16-17,21,25-26H,8,13-15,18-20H2,1-2H3,(H,36,43)(H,37,44)(H,38,42)(H,39,45)(H,40,41)/t25-,26-/m0/s1. The van der Waals surface area contributed by atoms with E-state index in [0.717, 1.165) is 5.56 Å². The highest BCUT2D eigenvalue weighted by Gasteiger charge is 2.35. The van der Waals surface area contributed by atoms with Crippen molar-refractivity contribution in [1.82, 2.24) is 36.6 Å². The molecule has 5 N–H and O–H groups in total. The average Bonchev–Trinajstić information content (AvgIpc) is 3.04. The van der Waals surface area contributed by atoms with Crippen molar-refractivity contribution in [3.63, 3.8) is 0 Å². The molecule has 0 saturated carbocycles. The Kier molecular flexibility index (Phi) is 11.8. The second-order valence-corrected chi connectivity index (χ2v) is 11.3. The fraction of sp³-hybridized carbons (Fsp3) is 0.364. The van der Waals surface area contributed by atoms with Gasteiger partial charge in [0, 0.05) is 44.5 Å². The number of rotatable bonds is 6. The van der Waals surface area contributed by atoms with E-state index in [1.54, 1.807) is 42.9 Å². The van der Waals surface area contributed by atoms with E-state index in [4.69, 9.17) is 4.74 Å². The molecule has 0 unspecified atom stereocenters. The predicted molar refractivity (Wildman–Crippen MR) is 168 cm³/mol. The third-order valence-electron chi connectivity index (χ3n) is 7.24. The van der Waals surface area contributed by atoms with Crippen LogP contribution in [0.25, 0.3) is 0 Å². The van der Waals surface area contributed by atoms with Crippen molar-refractivity contribution in [3.8, 4) is 5.75 Å². The number of ether oxygens (including phenoxy) is 1. The number of carbonyl (C=O) groups is 5. The molecule has 1 aromatic heterocycles. The van der Waals surface area contributed by atoms with Crippen LogP contribution in [0.1, 0.15) is 48.3 Å². The van der Waals surface area contributed by atoms with Gasteiger partial charge >= 0.3 is 0 Å². The zero-order valence-electron chi connectivity index (χ0n) is 25.9. The predicted octanol–water partition coefficient (Wildman–Crippen LogP) is 0.845. The lowest BCUT2D eigenvalue weighted by atomic mass is 10.00. The van der Waals surface area contributed by atoms with Crippen molar-refractivity contribution in [3.05, 3.63) is 90.0 Å². The van der Waals surface area contributed by atoms with Crippen molar-refractivity contribution in [1.29, 1.82) is 0 Å². The van der Waals surface area contributed by atoms with Crippen molar-refractivity contribution < 1.29 is 28.7 Å². The maximum absolute atomic E-state index is 13.4. The molecule has 2 aromatic carbocycles. The van der Waals surface area contributed by atoms with Crippen LogP contribution in [0, 0.1) is 0 Å². The minimum Gasteiger partial charge on any atom is -0.493 e. The van der Waals surface area contributed by atoms with Crippen molar-refractivity contribution in [2.75, 3.05) is 19.7 Å². The summed E-state index contributed by atoms with van der Waals surface area (Å²) in [6.07, 6.45) is 5.24. The van der Waals surface area contributed by atoms with Gasteiger partial charge in [0.05, 0.1) is 24.3 Å². The normalized spacial score (nSPS) is 19.4. The molecule has 0 bridgehead atoms. The van der Waals surface area contributed by atoms with Gasteiger partial charge in [0.15, 0.2) is 0 Å². The second-order valence-electron chi connectivity index (χ2n) is 11.3. The molecular formula is C33H39N7O6. The molecule has 0 aliphatic carbocycles. The molecule has 4 rings (SSSR count). The van der Waals surface area contributed by atoms with Gasteiger partial charge in [-0.2, -0.15) is 0 Å². The molecule has 13 nitrogen and oxygen atoms in total. The first-order valence-corrected chi connectivity index (χ1v) is 15.1. The number of hydrogen-bond donors (Lipinski definition) is 5. The molecule has 2 atom stereocenters. The molecule has 0 fully saturated rings. The van der Waals surface area contributed by atoms with Crippen LogP contribution in [0.2, 0.25) is 0 Å². The van der Waals surface area contributed by atoms with Crippen molar-refractivity contribution in [2.24, 2.45) is 0 Å². The Bertz CT molecular complexity index is 1520. The Morgan fingerprint density at radius 2 is 1.76 bits per heavy atom. The summed E-state index contributed by atoms with van der Waals surface area (Å²) in [6, 6.07) is 13.6. The number of para-hydroxylation sites is 1. The summed E-state index contributed by atoms with van der Waals surface area (Å²) in [5.74, 6) is -2.57. The Labute approximate surface area is 267 Å². The monoisotopic (exact) mass is 629 g/mol. The first kappa shape index (κ1) is 33.6. The fourth-order valence-electron chi connectivity index (χ4n) is 4.75. The van der Waals surface area contributed by atoms with Gasteiger partial charge in [-0.1, -0.05) is 42.5 Å². The molecule has 3 aromatic rings. The summed E-state index contributed by atoms with van der Waals surface area (Å²) >= 11 is 0. The quantitative estimate of drug-likeness (QED) is 0.266. The molecule has 1 aliphatic rings. The lowest BCUT2D eigenvalue weighted by Crippen LogP contribution is -2.60. The van der Waals surface area contributed by atoms with E-state index in [1.165, 1.54) is 13.8 Å². The van der Waals surface area contributed by atoms with Crippen LogP contribution >= 0.6 is 0 Å². The first-order chi connectivity index (χ1) is 22.1. The highest BCUT2D eigenvalue weighted by molar-refractivity contribution is 6.01. The fourth-order valence-corrected chi connectivity index (χ4v) is 4.75. The third kappa shape index (κ3) is 9.84. The molecule has 0 saturated heterocycles. The number of carbonyl (C=O) groups excluding carboxylic acids is 5. The van der Waals surface area contributed by atoms with E-state index >= 15 is 0 Å². The minimum atomic E-state index is -1.46. The van der Waals surface area contributed by atoms with Crippen LogP contribution in [0.5, 0.6) is 5.75 Å². The lowest BCUT2D eigenvalue weighted by Gasteiger charge is -2.29. The van der Waals surface area contributed by atoms with E-state index in [9.17, 15) is 24.0 Å². The second kappa shape index (κ2) is 16.1. The highest BCUT2D eigenvalue weighted by Crippen LogP contribution is 2.19. The maximum Gasteiger partial charge on any atom is 0.255 e. The number of nitrogens with one attached hydrogen (secondary N) is 5. The number of aromatic nitrogens is 2. The van der Waals surface area contributed by atoms with E-state index in [1.807, 2.05) is 30.3 Å². The molecule has 242 valence electrons. The van der Waals surface area contributed by atoms with Crippen LogP contribution in [0.3, 0.4) is 0 Å². The van der Waals surface area contributed by atoms with Gasteiger partial charge < -0.3 is 31.3 Å². The number of fused-ring (bicyclic) bond motifs is 1. The topological polar surface area (TPSA) is 181 Å². The number of amides is 5. The van der Waals surface area contributed by atoms with Gasteiger partial charge in [-0.05, 0) is 38.0 Å². The van der Waals surface area contributed by atoms with Gasteiger partial charge in [-0.3, -0.25) is 33.9 Å². The van der Waals surface area contributed by atoms with Crippen LogP contribution in [-0.2, 0) is 32.0 Å². The number of benzene rings is 2. The summed E-state index contributed by atoms with van der Waals surface area (Å²) < 4.78 is 5.86. The smallest absolute Gasteiger partial charge is 0.255 e. The SMILES string of the molecule is CC1(C)NC(=O)C[C@@H](C(=O)NCCc2cnccn2)NC(=O)c2ccccc2OCCCNC(=O)[C@H](Cc2ccccc2)NC1=O. The summed E-state index contributed by atoms with van der Waals surface area (Å²) in [6.45, 7) is 3.62. The summed E-state index contributed by atoms with van der Waals surface area (Å²) in [5, 5.41) is 13.7. The largest absolute Gasteiger partial charge is 0.493 e. The molecule has 0 spiro atoms.